The molecule has 1 rings (SSSR count). The molecule has 5 nitrogen and oxygen atoms in total. The van der Waals surface area contributed by atoms with Crippen molar-refractivity contribution >= 4 is 17.5 Å². The summed E-state index contributed by atoms with van der Waals surface area (Å²) in [7, 11) is 1.30. The standard InChI is InChI=1S/C20H33NO4/c1-6-8-9-10-11-12-21-14(7-2)16-15(22)13-20(3,4)17(18(16)23)19(24)25-5/h17,23H,6-13H2,1-5H3/t17-/m0/s1. The summed E-state index contributed by atoms with van der Waals surface area (Å²) >= 11 is 0. The molecule has 0 aromatic carbocycles. The van der Waals surface area contributed by atoms with Gasteiger partial charge in [-0.1, -0.05) is 53.4 Å². The van der Waals surface area contributed by atoms with Crippen molar-refractivity contribution in [2.75, 3.05) is 13.7 Å². The van der Waals surface area contributed by atoms with Gasteiger partial charge in [-0.05, 0) is 18.3 Å². The fraction of sp³-hybridized carbons (Fsp3) is 0.750. The lowest BCUT2D eigenvalue weighted by Crippen LogP contribution is -2.41. The second kappa shape index (κ2) is 9.73. The minimum absolute atomic E-state index is 0.144. The van der Waals surface area contributed by atoms with Crippen molar-refractivity contribution in [2.24, 2.45) is 16.3 Å². The molecule has 0 aromatic rings. The molecular formula is C20H33NO4. The maximum absolute atomic E-state index is 12.6. The lowest BCUT2D eigenvalue weighted by molar-refractivity contribution is -0.150. The summed E-state index contributed by atoms with van der Waals surface area (Å²) in [6.07, 6.45) is 6.45. The van der Waals surface area contributed by atoms with Crippen molar-refractivity contribution in [2.45, 2.75) is 72.6 Å². The minimum atomic E-state index is -0.827. The van der Waals surface area contributed by atoms with Crippen LogP contribution in [0.25, 0.3) is 0 Å². The molecule has 0 aliphatic heterocycles. The summed E-state index contributed by atoms with van der Waals surface area (Å²) in [6, 6.07) is 0. The molecule has 0 saturated heterocycles. The molecule has 0 aromatic heterocycles. The van der Waals surface area contributed by atoms with Crippen LogP contribution < -0.4 is 0 Å². The van der Waals surface area contributed by atoms with E-state index in [0.717, 1.165) is 12.8 Å². The fourth-order valence-electron chi connectivity index (χ4n) is 3.42. The smallest absolute Gasteiger partial charge is 0.316 e. The second-order valence-electron chi connectivity index (χ2n) is 7.40. The molecule has 1 aliphatic carbocycles. The molecule has 0 saturated carbocycles. The largest absolute Gasteiger partial charge is 0.511 e. The molecule has 0 unspecified atom stereocenters. The fourth-order valence-corrected chi connectivity index (χ4v) is 3.42. The Morgan fingerprint density at radius 1 is 1.24 bits per heavy atom. The Labute approximate surface area is 151 Å². The summed E-state index contributed by atoms with van der Waals surface area (Å²) in [5.74, 6) is -1.66. The maximum Gasteiger partial charge on any atom is 0.316 e. The number of unbranched alkanes of at least 4 members (excludes halogenated alkanes) is 4. The Balaban J connectivity index is 3.03. The molecule has 0 amide bonds. The number of hydrogen-bond acceptors (Lipinski definition) is 5. The van der Waals surface area contributed by atoms with Crippen molar-refractivity contribution in [1.29, 1.82) is 0 Å². The third kappa shape index (κ3) is 5.41. The number of Topliss-reactive ketones (excluding diaryl/α,β-unsaturated/α-hetero) is 1. The number of carbonyl (C=O) groups excluding carboxylic acids is 2. The van der Waals surface area contributed by atoms with Crippen molar-refractivity contribution in [1.82, 2.24) is 0 Å². The highest BCUT2D eigenvalue weighted by atomic mass is 16.5. The zero-order valence-electron chi connectivity index (χ0n) is 16.4. The lowest BCUT2D eigenvalue weighted by Gasteiger charge is -2.36. The molecule has 5 heteroatoms. The number of carbonyl (C=O) groups is 2. The van der Waals surface area contributed by atoms with Gasteiger partial charge in [-0.25, -0.2) is 0 Å². The van der Waals surface area contributed by atoms with Crippen molar-refractivity contribution in [3.8, 4) is 0 Å². The molecule has 1 atom stereocenters. The van der Waals surface area contributed by atoms with E-state index in [9.17, 15) is 14.7 Å². The van der Waals surface area contributed by atoms with Crippen molar-refractivity contribution in [3.63, 3.8) is 0 Å². The highest BCUT2D eigenvalue weighted by Gasteiger charge is 2.47. The first kappa shape index (κ1) is 21.4. The minimum Gasteiger partial charge on any atom is -0.511 e. The summed E-state index contributed by atoms with van der Waals surface area (Å²) in [4.78, 5) is 29.3. The first-order valence-electron chi connectivity index (χ1n) is 9.37. The Kier molecular flexibility index (Phi) is 8.33. The SMILES string of the molecule is CCCCCCCN=C(CC)C1=C(O)[C@@H](C(=O)OC)C(C)(C)CC1=O. The van der Waals surface area contributed by atoms with E-state index in [0.29, 0.717) is 18.7 Å². The van der Waals surface area contributed by atoms with Crippen LogP contribution in [0.5, 0.6) is 0 Å². The summed E-state index contributed by atoms with van der Waals surface area (Å²) in [6.45, 7) is 8.34. The number of rotatable bonds is 9. The van der Waals surface area contributed by atoms with Crippen LogP contribution >= 0.6 is 0 Å². The molecule has 0 bridgehead atoms. The molecule has 0 spiro atoms. The van der Waals surface area contributed by atoms with Gasteiger partial charge in [-0.15, -0.1) is 0 Å². The number of aliphatic imine (C=N–C) groups is 1. The van der Waals surface area contributed by atoms with Gasteiger partial charge in [0.2, 0.25) is 0 Å². The molecule has 142 valence electrons. The predicted octanol–water partition coefficient (Wildman–Crippen LogP) is 4.41. The molecular weight excluding hydrogens is 318 g/mol. The highest BCUT2D eigenvalue weighted by molar-refractivity contribution is 6.23. The Bertz CT molecular complexity index is 546. The van der Waals surface area contributed by atoms with Gasteiger partial charge in [0.25, 0.3) is 0 Å². The summed E-state index contributed by atoms with van der Waals surface area (Å²) < 4.78 is 4.84. The van der Waals surface area contributed by atoms with Crippen LogP contribution in [0.2, 0.25) is 0 Å². The lowest BCUT2D eigenvalue weighted by atomic mass is 9.67. The molecule has 1 aliphatic rings. The number of esters is 1. The van der Waals surface area contributed by atoms with E-state index in [2.05, 4.69) is 11.9 Å². The van der Waals surface area contributed by atoms with Crippen LogP contribution in [0.4, 0.5) is 0 Å². The Hall–Kier alpha value is -1.65. The Morgan fingerprint density at radius 3 is 2.44 bits per heavy atom. The van der Waals surface area contributed by atoms with Crippen LogP contribution in [0.3, 0.4) is 0 Å². The normalized spacial score (nSPS) is 20.8. The molecule has 0 radical (unpaired) electrons. The average Bonchev–Trinajstić information content (AvgIpc) is 2.54. The summed E-state index contributed by atoms with van der Waals surface area (Å²) in [5.41, 5.74) is 0.157. The number of allylic oxidation sites excluding steroid dienone is 1. The molecule has 0 heterocycles. The number of ether oxygens (including phenoxy) is 1. The van der Waals surface area contributed by atoms with Gasteiger partial charge < -0.3 is 9.84 Å². The number of nitrogens with zero attached hydrogens (tertiary/aromatic N) is 1. The zero-order chi connectivity index (χ0) is 19.0. The van der Waals surface area contributed by atoms with E-state index in [1.807, 2.05) is 6.92 Å². The van der Waals surface area contributed by atoms with Gasteiger partial charge in [0.15, 0.2) is 5.78 Å². The second-order valence-corrected chi connectivity index (χ2v) is 7.40. The van der Waals surface area contributed by atoms with Crippen LogP contribution in [0.15, 0.2) is 16.3 Å². The molecule has 0 fully saturated rings. The van der Waals surface area contributed by atoms with E-state index in [1.165, 1.54) is 26.4 Å². The number of ketones is 1. The van der Waals surface area contributed by atoms with Crippen molar-refractivity contribution < 1.29 is 19.4 Å². The van der Waals surface area contributed by atoms with E-state index in [4.69, 9.17) is 4.74 Å². The van der Waals surface area contributed by atoms with E-state index < -0.39 is 17.3 Å². The topological polar surface area (TPSA) is 76.0 Å². The van der Waals surface area contributed by atoms with Gasteiger partial charge >= 0.3 is 5.97 Å². The number of aliphatic hydroxyl groups is 1. The highest BCUT2D eigenvalue weighted by Crippen LogP contribution is 2.42. The maximum atomic E-state index is 12.6. The van der Waals surface area contributed by atoms with Gasteiger partial charge in [-0.2, -0.15) is 0 Å². The van der Waals surface area contributed by atoms with E-state index >= 15 is 0 Å². The third-order valence-electron chi connectivity index (χ3n) is 4.83. The Morgan fingerprint density at radius 2 is 1.88 bits per heavy atom. The van der Waals surface area contributed by atoms with Crippen LogP contribution in [0.1, 0.15) is 72.6 Å². The van der Waals surface area contributed by atoms with Crippen molar-refractivity contribution in [3.05, 3.63) is 11.3 Å². The van der Waals surface area contributed by atoms with Gasteiger partial charge in [0, 0.05) is 18.7 Å². The van der Waals surface area contributed by atoms with E-state index in [1.54, 1.807) is 13.8 Å². The number of aliphatic hydroxyl groups excluding tert-OH is 1. The average molecular weight is 351 g/mol. The first-order chi connectivity index (χ1) is 11.8. The number of methoxy groups -OCH3 is 1. The monoisotopic (exact) mass is 351 g/mol. The van der Waals surface area contributed by atoms with Crippen LogP contribution in [-0.2, 0) is 14.3 Å². The first-order valence-corrected chi connectivity index (χ1v) is 9.37. The predicted molar refractivity (Wildman–Crippen MR) is 99.9 cm³/mol. The van der Waals surface area contributed by atoms with Gasteiger partial charge in [-0.3, -0.25) is 14.6 Å². The quantitative estimate of drug-likeness (QED) is 0.379. The summed E-state index contributed by atoms with van der Waals surface area (Å²) in [5, 5.41) is 10.7. The third-order valence-corrected chi connectivity index (χ3v) is 4.83. The van der Waals surface area contributed by atoms with Crippen LogP contribution in [0, 0.1) is 11.3 Å². The van der Waals surface area contributed by atoms with Crippen LogP contribution in [-0.4, -0.2) is 36.2 Å². The van der Waals surface area contributed by atoms with Gasteiger partial charge in [0.1, 0.15) is 11.7 Å². The zero-order valence-corrected chi connectivity index (χ0v) is 16.4. The van der Waals surface area contributed by atoms with E-state index in [-0.39, 0.29) is 23.5 Å². The molecule has 1 N–H and O–H groups in total. The van der Waals surface area contributed by atoms with Gasteiger partial charge in [0.05, 0.1) is 12.7 Å². The molecule has 25 heavy (non-hydrogen) atoms. The number of hydrogen-bond donors (Lipinski definition) is 1.